The third-order valence-electron chi connectivity index (χ3n) is 4.21. The summed E-state index contributed by atoms with van der Waals surface area (Å²) in [4.78, 5) is 9.13. The summed E-state index contributed by atoms with van der Waals surface area (Å²) in [6.45, 7) is 7.18. The number of nitrogens with zero attached hydrogens (tertiary/aromatic N) is 2. The van der Waals surface area contributed by atoms with E-state index in [0.717, 1.165) is 55.4 Å². The first-order chi connectivity index (χ1) is 10.2. The van der Waals surface area contributed by atoms with Gasteiger partial charge in [0.2, 0.25) is 5.88 Å². The molecule has 2 unspecified atom stereocenters. The van der Waals surface area contributed by atoms with Gasteiger partial charge in [-0.15, -0.1) is 0 Å². The van der Waals surface area contributed by atoms with Crippen LogP contribution in [0.3, 0.4) is 0 Å². The summed E-state index contributed by atoms with van der Waals surface area (Å²) in [5, 5.41) is 3.14. The van der Waals surface area contributed by atoms with E-state index in [-0.39, 0.29) is 0 Å². The molecule has 0 radical (unpaired) electrons. The quantitative estimate of drug-likeness (QED) is 0.810. The molecule has 116 valence electrons. The van der Waals surface area contributed by atoms with Crippen molar-refractivity contribution in [2.45, 2.75) is 46.5 Å². The van der Waals surface area contributed by atoms with Crippen LogP contribution in [0, 0.1) is 18.8 Å². The van der Waals surface area contributed by atoms with E-state index < -0.39 is 0 Å². The second kappa shape index (κ2) is 7.43. The van der Waals surface area contributed by atoms with E-state index in [9.17, 15) is 0 Å². The molecule has 4 nitrogen and oxygen atoms in total. The van der Waals surface area contributed by atoms with Crippen LogP contribution in [0.2, 0.25) is 0 Å². The van der Waals surface area contributed by atoms with Gasteiger partial charge in [-0.1, -0.05) is 26.0 Å². The summed E-state index contributed by atoms with van der Waals surface area (Å²) in [5.41, 5.74) is 0.997. The van der Waals surface area contributed by atoms with Crippen LogP contribution >= 0.6 is 0 Å². The molecule has 1 aromatic rings. The molecule has 4 heteroatoms. The largest absolute Gasteiger partial charge is 0.477 e. The normalized spacial score (nSPS) is 21.3. The van der Waals surface area contributed by atoms with Crippen LogP contribution in [-0.4, -0.2) is 23.6 Å². The van der Waals surface area contributed by atoms with E-state index in [4.69, 9.17) is 4.74 Å². The molecule has 1 aromatic heterocycles. The molecule has 0 aromatic carbocycles. The highest BCUT2D eigenvalue weighted by molar-refractivity contribution is 5.48. The lowest BCUT2D eigenvalue weighted by atomic mass is 9.85. The lowest BCUT2D eigenvalue weighted by molar-refractivity contribution is 0.191. The maximum Gasteiger partial charge on any atom is 0.221 e. The number of rotatable bonds is 6. The van der Waals surface area contributed by atoms with Gasteiger partial charge in [-0.3, -0.25) is 0 Å². The number of aryl methyl sites for hydroxylation is 1. The predicted octanol–water partition coefficient (Wildman–Crippen LogP) is 3.76. The minimum atomic E-state index is 0.581. The second-order valence-electron chi connectivity index (χ2n) is 5.91. The SMILES string of the molecule is CCCc1nc(NC)c(C)c(OCC2CC=CCC2C)n1. The molecule has 1 N–H and O–H groups in total. The third kappa shape index (κ3) is 3.96. The fourth-order valence-electron chi connectivity index (χ4n) is 2.68. The summed E-state index contributed by atoms with van der Waals surface area (Å²) < 4.78 is 6.05. The Morgan fingerprint density at radius 1 is 1.29 bits per heavy atom. The number of aromatic nitrogens is 2. The first-order valence-corrected chi connectivity index (χ1v) is 7.98. The maximum atomic E-state index is 6.05. The monoisotopic (exact) mass is 289 g/mol. The van der Waals surface area contributed by atoms with Crippen LogP contribution in [0.1, 0.15) is 44.5 Å². The van der Waals surface area contributed by atoms with E-state index in [1.807, 2.05) is 14.0 Å². The summed E-state index contributed by atoms with van der Waals surface area (Å²) >= 11 is 0. The summed E-state index contributed by atoms with van der Waals surface area (Å²) in [5.74, 6) is 3.73. The molecule has 0 saturated carbocycles. The zero-order valence-electron chi connectivity index (χ0n) is 13.6. The average molecular weight is 289 g/mol. The van der Waals surface area contributed by atoms with Gasteiger partial charge in [-0.2, -0.15) is 4.98 Å². The van der Waals surface area contributed by atoms with Crippen LogP contribution in [0.5, 0.6) is 5.88 Å². The van der Waals surface area contributed by atoms with Gasteiger partial charge < -0.3 is 10.1 Å². The Hall–Kier alpha value is -1.58. The molecule has 2 atom stereocenters. The van der Waals surface area contributed by atoms with Crippen molar-refractivity contribution in [1.82, 2.24) is 9.97 Å². The van der Waals surface area contributed by atoms with Crippen molar-refractivity contribution in [1.29, 1.82) is 0 Å². The number of anilines is 1. The van der Waals surface area contributed by atoms with Crippen molar-refractivity contribution >= 4 is 5.82 Å². The zero-order valence-corrected chi connectivity index (χ0v) is 13.6. The fraction of sp³-hybridized carbons (Fsp3) is 0.647. The molecule has 0 spiro atoms. The van der Waals surface area contributed by atoms with E-state index in [1.54, 1.807) is 0 Å². The van der Waals surface area contributed by atoms with E-state index in [2.05, 4.69) is 41.3 Å². The Bertz CT molecular complexity index is 499. The minimum Gasteiger partial charge on any atom is -0.477 e. The molecule has 1 aliphatic rings. The number of ether oxygens (including phenoxy) is 1. The molecule has 1 aliphatic carbocycles. The summed E-state index contributed by atoms with van der Waals surface area (Å²) in [6, 6.07) is 0. The molecule has 21 heavy (non-hydrogen) atoms. The van der Waals surface area contributed by atoms with Crippen molar-refractivity contribution in [3.8, 4) is 5.88 Å². The topological polar surface area (TPSA) is 47.0 Å². The predicted molar refractivity (Wildman–Crippen MR) is 86.8 cm³/mol. The molecule has 1 heterocycles. The molecular weight excluding hydrogens is 262 g/mol. The molecule has 2 rings (SSSR count). The average Bonchev–Trinajstić information content (AvgIpc) is 2.49. The number of hydrogen-bond donors (Lipinski definition) is 1. The van der Waals surface area contributed by atoms with Crippen molar-refractivity contribution < 1.29 is 4.74 Å². The second-order valence-corrected chi connectivity index (χ2v) is 5.91. The molecule has 0 saturated heterocycles. The van der Waals surface area contributed by atoms with Gasteiger partial charge >= 0.3 is 0 Å². The first kappa shape index (κ1) is 15.8. The molecular formula is C17H27N3O. The van der Waals surface area contributed by atoms with Crippen LogP contribution < -0.4 is 10.1 Å². The van der Waals surface area contributed by atoms with E-state index in [0.29, 0.717) is 11.8 Å². The van der Waals surface area contributed by atoms with Crippen LogP contribution in [-0.2, 0) is 6.42 Å². The van der Waals surface area contributed by atoms with Crippen LogP contribution in [0.4, 0.5) is 5.82 Å². The third-order valence-corrected chi connectivity index (χ3v) is 4.21. The Morgan fingerprint density at radius 3 is 2.71 bits per heavy atom. The van der Waals surface area contributed by atoms with E-state index in [1.165, 1.54) is 0 Å². The van der Waals surface area contributed by atoms with Gasteiger partial charge in [-0.05, 0) is 38.0 Å². The molecule has 0 fully saturated rings. The van der Waals surface area contributed by atoms with Gasteiger partial charge in [0, 0.05) is 13.5 Å². The summed E-state index contributed by atoms with van der Waals surface area (Å²) in [6.07, 6.45) is 8.72. The Morgan fingerprint density at radius 2 is 2.05 bits per heavy atom. The highest BCUT2D eigenvalue weighted by Gasteiger charge is 2.20. The highest BCUT2D eigenvalue weighted by atomic mass is 16.5. The minimum absolute atomic E-state index is 0.581. The van der Waals surface area contributed by atoms with E-state index >= 15 is 0 Å². The number of nitrogens with one attached hydrogen (secondary N) is 1. The van der Waals surface area contributed by atoms with Crippen molar-refractivity contribution in [2.75, 3.05) is 19.0 Å². The zero-order chi connectivity index (χ0) is 15.2. The molecule has 0 amide bonds. The van der Waals surface area contributed by atoms with Crippen LogP contribution in [0.15, 0.2) is 12.2 Å². The lowest BCUT2D eigenvalue weighted by Gasteiger charge is -2.25. The van der Waals surface area contributed by atoms with Gasteiger partial charge in [0.05, 0.1) is 12.2 Å². The fourth-order valence-corrected chi connectivity index (χ4v) is 2.68. The van der Waals surface area contributed by atoms with Gasteiger partial charge in [-0.25, -0.2) is 4.98 Å². The summed E-state index contributed by atoms with van der Waals surface area (Å²) in [7, 11) is 1.89. The Labute approximate surface area is 128 Å². The smallest absolute Gasteiger partial charge is 0.221 e. The maximum absolute atomic E-state index is 6.05. The lowest BCUT2D eigenvalue weighted by Crippen LogP contribution is -2.22. The number of hydrogen-bond acceptors (Lipinski definition) is 4. The van der Waals surface area contributed by atoms with Crippen molar-refractivity contribution in [3.63, 3.8) is 0 Å². The number of allylic oxidation sites excluding steroid dienone is 2. The highest BCUT2D eigenvalue weighted by Crippen LogP contribution is 2.27. The van der Waals surface area contributed by atoms with Gasteiger partial charge in [0.15, 0.2) is 0 Å². The van der Waals surface area contributed by atoms with Gasteiger partial charge in [0.1, 0.15) is 11.6 Å². The standard InChI is InChI=1S/C17H27N3O/c1-5-8-15-19-16(18-4)13(3)17(20-15)21-11-14-10-7-6-9-12(14)2/h6-7,12,14H,5,8-11H2,1-4H3,(H,18,19,20). The van der Waals surface area contributed by atoms with Gasteiger partial charge in [0.25, 0.3) is 0 Å². The first-order valence-electron chi connectivity index (χ1n) is 7.98. The Balaban J connectivity index is 2.10. The molecule has 0 aliphatic heterocycles. The molecule has 0 bridgehead atoms. The van der Waals surface area contributed by atoms with Crippen LogP contribution in [0.25, 0.3) is 0 Å². The van der Waals surface area contributed by atoms with Crippen molar-refractivity contribution in [3.05, 3.63) is 23.5 Å². The Kier molecular flexibility index (Phi) is 5.59. The van der Waals surface area contributed by atoms with Crippen molar-refractivity contribution in [2.24, 2.45) is 11.8 Å².